The third kappa shape index (κ3) is 6.65. The van der Waals surface area contributed by atoms with Crippen molar-refractivity contribution in [1.29, 1.82) is 0 Å². The van der Waals surface area contributed by atoms with Gasteiger partial charge in [0.1, 0.15) is 6.10 Å². The SMILES string of the molecule is [N-]=[N+]=NC[C@@H]1OC2(CCCC2)O[C@H]1COP(=O)(OCc1ccccc1)OCc1ccccc1. The highest BCUT2D eigenvalue weighted by atomic mass is 31.2. The highest BCUT2D eigenvalue weighted by Gasteiger charge is 2.49. The summed E-state index contributed by atoms with van der Waals surface area (Å²) >= 11 is 0. The highest BCUT2D eigenvalue weighted by Crippen LogP contribution is 2.52. The second-order valence-corrected chi connectivity index (χ2v) is 9.77. The zero-order valence-electron chi connectivity index (χ0n) is 18.3. The maximum atomic E-state index is 13.5. The van der Waals surface area contributed by atoms with Crippen LogP contribution >= 0.6 is 7.82 Å². The number of nitrogens with zero attached hydrogens (tertiary/aromatic N) is 3. The Morgan fingerprint density at radius 3 is 2.00 bits per heavy atom. The number of phosphoric ester groups is 1. The average molecular weight is 473 g/mol. The molecule has 33 heavy (non-hydrogen) atoms. The summed E-state index contributed by atoms with van der Waals surface area (Å²) in [4.78, 5) is 2.83. The van der Waals surface area contributed by atoms with Gasteiger partial charge in [-0.05, 0) is 29.5 Å². The molecule has 1 saturated heterocycles. The molecule has 0 unspecified atom stereocenters. The Balaban J connectivity index is 1.43. The van der Waals surface area contributed by atoms with Crippen molar-refractivity contribution in [2.45, 2.75) is 56.9 Å². The van der Waals surface area contributed by atoms with E-state index in [1.165, 1.54) is 0 Å². The second kappa shape index (κ2) is 11.3. The van der Waals surface area contributed by atoms with Gasteiger partial charge in [-0.25, -0.2) is 4.57 Å². The molecule has 1 aliphatic heterocycles. The Bertz CT molecular complexity index is 933. The summed E-state index contributed by atoms with van der Waals surface area (Å²) in [6.45, 7) is 0.169. The minimum atomic E-state index is -3.94. The molecule has 0 bridgehead atoms. The summed E-state index contributed by atoms with van der Waals surface area (Å²) in [6.07, 6.45) is 2.49. The molecule has 2 atom stereocenters. The van der Waals surface area contributed by atoms with Crippen LogP contribution in [0.3, 0.4) is 0 Å². The van der Waals surface area contributed by atoms with Crippen LogP contribution in [0.15, 0.2) is 65.8 Å². The van der Waals surface area contributed by atoms with E-state index in [0.29, 0.717) is 0 Å². The van der Waals surface area contributed by atoms with Gasteiger partial charge in [0.15, 0.2) is 5.79 Å². The highest BCUT2D eigenvalue weighted by molar-refractivity contribution is 7.48. The van der Waals surface area contributed by atoms with Gasteiger partial charge in [0.2, 0.25) is 0 Å². The van der Waals surface area contributed by atoms with Crippen LogP contribution in [-0.4, -0.2) is 31.1 Å². The average Bonchev–Trinajstić information content (AvgIpc) is 3.46. The number of phosphoric acid groups is 1. The van der Waals surface area contributed by atoms with E-state index in [1.54, 1.807) is 0 Å². The lowest BCUT2D eigenvalue weighted by Crippen LogP contribution is -2.30. The molecule has 2 aromatic carbocycles. The molecule has 2 aliphatic rings. The first-order valence-electron chi connectivity index (χ1n) is 11.1. The smallest absolute Gasteiger partial charge is 0.344 e. The molecule has 1 spiro atoms. The molecule has 176 valence electrons. The number of ether oxygens (including phenoxy) is 2. The van der Waals surface area contributed by atoms with Crippen LogP contribution in [0.4, 0.5) is 0 Å². The lowest BCUT2D eigenvalue weighted by Gasteiger charge is -2.23. The van der Waals surface area contributed by atoms with Gasteiger partial charge in [0, 0.05) is 17.8 Å². The van der Waals surface area contributed by atoms with Gasteiger partial charge in [0.05, 0.1) is 32.5 Å². The Morgan fingerprint density at radius 1 is 0.909 bits per heavy atom. The van der Waals surface area contributed by atoms with E-state index < -0.39 is 25.8 Å². The summed E-state index contributed by atoms with van der Waals surface area (Å²) in [5, 5.41) is 3.64. The van der Waals surface area contributed by atoms with Gasteiger partial charge in [-0.15, -0.1) is 0 Å². The first-order valence-corrected chi connectivity index (χ1v) is 12.5. The van der Waals surface area contributed by atoms with Crippen molar-refractivity contribution in [1.82, 2.24) is 0 Å². The van der Waals surface area contributed by atoms with Crippen molar-refractivity contribution < 1.29 is 27.6 Å². The number of benzene rings is 2. The molecule has 1 heterocycles. The summed E-state index contributed by atoms with van der Waals surface area (Å²) in [5.74, 6) is -0.691. The van der Waals surface area contributed by atoms with Crippen LogP contribution in [0.1, 0.15) is 36.8 Å². The van der Waals surface area contributed by atoms with Crippen LogP contribution in [0, 0.1) is 0 Å². The molecule has 0 amide bonds. The van der Waals surface area contributed by atoms with E-state index in [1.807, 2.05) is 60.7 Å². The lowest BCUT2D eigenvalue weighted by molar-refractivity contribution is -0.170. The summed E-state index contributed by atoms with van der Waals surface area (Å²) in [6, 6.07) is 18.8. The molecule has 2 fully saturated rings. The normalized spacial score (nSPS) is 21.8. The van der Waals surface area contributed by atoms with Crippen LogP contribution in [0.2, 0.25) is 0 Å². The van der Waals surface area contributed by atoms with Crippen molar-refractivity contribution in [2.75, 3.05) is 13.2 Å². The monoisotopic (exact) mass is 473 g/mol. The van der Waals surface area contributed by atoms with Gasteiger partial charge in [-0.3, -0.25) is 13.6 Å². The van der Waals surface area contributed by atoms with E-state index in [-0.39, 0.29) is 26.4 Å². The molecular weight excluding hydrogens is 445 g/mol. The van der Waals surface area contributed by atoms with Crippen LogP contribution < -0.4 is 0 Å². The van der Waals surface area contributed by atoms with Crippen molar-refractivity contribution in [3.63, 3.8) is 0 Å². The Hall–Kier alpha value is -2.22. The number of hydrogen-bond donors (Lipinski definition) is 0. The second-order valence-electron chi connectivity index (χ2n) is 8.10. The van der Waals surface area contributed by atoms with Crippen molar-refractivity contribution in [2.24, 2.45) is 5.11 Å². The lowest BCUT2D eigenvalue weighted by atomic mass is 10.2. The van der Waals surface area contributed by atoms with Crippen LogP contribution in [0.25, 0.3) is 10.4 Å². The van der Waals surface area contributed by atoms with Crippen LogP contribution in [-0.2, 0) is 40.8 Å². The summed E-state index contributed by atoms with van der Waals surface area (Å²) in [5.41, 5.74) is 10.4. The molecule has 0 N–H and O–H groups in total. The fourth-order valence-corrected chi connectivity index (χ4v) is 5.19. The standard InChI is InChI=1S/C23H28N3O6P/c24-26-25-15-21-22(32-23(31-21)13-7-8-14-23)18-30-33(27,28-16-19-9-3-1-4-10-19)29-17-20-11-5-2-6-12-20/h1-6,9-12,21-22H,7-8,13-18H2/t21-,22-/m0/s1. The first-order chi connectivity index (χ1) is 16.1. The van der Waals surface area contributed by atoms with E-state index in [9.17, 15) is 4.57 Å². The molecule has 2 aromatic rings. The molecule has 4 rings (SSSR count). The van der Waals surface area contributed by atoms with E-state index in [0.717, 1.165) is 36.8 Å². The van der Waals surface area contributed by atoms with Gasteiger partial charge in [0.25, 0.3) is 0 Å². The molecule has 0 aromatic heterocycles. The van der Waals surface area contributed by atoms with Crippen molar-refractivity contribution in [3.05, 3.63) is 82.2 Å². The number of azide groups is 1. The predicted molar refractivity (Wildman–Crippen MR) is 121 cm³/mol. The fourth-order valence-electron chi connectivity index (χ4n) is 4.03. The molecular formula is C23H28N3O6P. The predicted octanol–water partition coefficient (Wildman–Crippen LogP) is 5.91. The molecule has 0 radical (unpaired) electrons. The first kappa shape index (κ1) is 23.9. The Labute approximate surface area is 193 Å². The van der Waals surface area contributed by atoms with E-state index in [2.05, 4.69) is 10.0 Å². The zero-order valence-corrected chi connectivity index (χ0v) is 19.2. The third-order valence-corrected chi connectivity index (χ3v) is 7.05. The summed E-state index contributed by atoms with van der Waals surface area (Å²) < 4.78 is 42.9. The Morgan fingerprint density at radius 2 is 1.45 bits per heavy atom. The minimum Gasteiger partial charge on any atom is -0.344 e. The largest absolute Gasteiger partial charge is 0.475 e. The summed E-state index contributed by atoms with van der Waals surface area (Å²) in [7, 11) is -3.94. The van der Waals surface area contributed by atoms with Gasteiger partial charge in [-0.1, -0.05) is 65.8 Å². The van der Waals surface area contributed by atoms with Crippen LogP contribution in [0.5, 0.6) is 0 Å². The molecule has 9 nitrogen and oxygen atoms in total. The fraction of sp³-hybridized carbons (Fsp3) is 0.478. The topological polar surface area (TPSA) is 112 Å². The zero-order chi connectivity index (χ0) is 23.0. The van der Waals surface area contributed by atoms with Gasteiger partial charge >= 0.3 is 7.82 Å². The van der Waals surface area contributed by atoms with Gasteiger partial charge in [-0.2, -0.15) is 0 Å². The molecule has 10 heteroatoms. The molecule has 1 saturated carbocycles. The van der Waals surface area contributed by atoms with E-state index in [4.69, 9.17) is 28.6 Å². The minimum absolute atomic E-state index is 0.0705. The van der Waals surface area contributed by atoms with Crippen molar-refractivity contribution in [3.8, 4) is 0 Å². The maximum absolute atomic E-state index is 13.5. The molecule has 1 aliphatic carbocycles. The quantitative estimate of drug-likeness (QED) is 0.174. The van der Waals surface area contributed by atoms with Gasteiger partial charge < -0.3 is 9.47 Å². The maximum Gasteiger partial charge on any atom is 0.475 e. The Kier molecular flexibility index (Phi) is 8.17. The van der Waals surface area contributed by atoms with Crippen molar-refractivity contribution >= 4 is 7.82 Å². The number of hydrogen-bond acceptors (Lipinski definition) is 7. The number of rotatable bonds is 11. The van der Waals surface area contributed by atoms with E-state index >= 15 is 0 Å². The third-order valence-electron chi connectivity index (χ3n) is 5.70.